The SMILES string of the molecule is CCCCCCCCOc1c(-c2ccc([N+](=O)[O-])cc2)c(OCCCCCCCC)c(-c2ccc([N+](=O)[O-])cc2)c(OCCCCCCCC)c1-c1ccc([N+](=O)[O-])cc1. The van der Waals surface area contributed by atoms with Crippen LogP contribution in [0.4, 0.5) is 17.1 Å². The summed E-state index contributed by atoms with van der Waals surface area (Å²) in [6, 6.07) is 18.8. The third-order valence-electron chi connectivity index (χ3n) is 10.7. The number of nitrogens with zero attached hydrogens (tertiary/aromatic N) is 3. The van der Waals surface area contributed by atoms with E-state index in [0.29, 0.717) is 70.4 Å². The molecule has 324 valence electrons. The third-order valence-corrected chi connectivity index (χ3v) is 10.7. The summed E-state index contributed by atoms with van der Waals surface area (Å²) in [6.07, 6.45) is 18.7. The lowest BCUT2D eigenvalue weighted by Crippen LogP contribution is -2.10. The van der Waals surface area contributed by atoms with Crippen LogP contribution in [0.25, 0.3) is 33.4 Å². The normalized spacial score (nSPS) is 11.1. The van der Waals surface area contributed by atoms with E-state index in [1.807, 2.05) is 0 Å². The number of non-ortho nitro benzene ring substituents is 3. The number of benzene rings is 4. The molecule has 12 heteroatoms. The molecule has 4 aromatic rings. The summed E-state index contributed by atoms with van der Waals surface area (Å²) in [5.74, 6) is 1.31. The maximum Gasteiger partial charge on any atom is 0.269 e. The summed E-state index contributed by atoms with van der Waals surface area (Å²) < 4.78 is 20.7. The lowest BCUT2D eigenvalue weighted by atomic mass is 9.88. The molecule has 0 amide bonds. The van der Waals surface area contributed by atoms with Crippen molar-refractivity contribution in [3.8, 4) is 50.6 Å². The van der Waals surface area contributed by atoms with E-state index in [4.69, 9.17) is 14.2 Å². The zero-order valence-corrected chi connectivity index (χ0v) is 35.8. The van der Waals surface area contributed by atoms with E-state index in [-0.39, 0.29) is 17.1 Å². The molecular weight excluding hydrogens is 763 g/mol. The predicted molar refractivity (Wildman–Crippen MR) is 239 cm³/mol. The Morgan fingerprint density at radius 1 is 0.350 bits per heavy atom. The van der Waals surface area contributed by atoms with Crippen molar-refractivity contribution in [2.24, 2.45) is 0 Å². The summed E-state index contributed by atoms with van der Waals surface area (Å²) in [5.41, 5.74) is 3.23. The highest BCUT2D eigenvalue weighted by Crippen LogP contribution is 2.57. The van der Waals surface area contributed by atoms with E-state index in [1.54, 1.807) is 36.4 Å². The number of nitro groups is 3. The van der Waals surface area contributed by atoms with E-state index in [2.05, 4.69) is 20.8 Å². The van der Waals surface area contributed by atoms with Gasteiger partial charge in [0.05, 0.1) is 51.3 Å². The van der Waals surface area contributed by atoms with Crippen molar-refractivity contribution in [1.82, 2.24) is 0 Å². The molecule has 60 heavy (non-hydrogen) atoms. The fourth-order valence-electron chi connectivity index (χ4n) is 7.32. The summed E-state index contributed by atoms with van der Waals surface area (Å²) in [7, 11) is 0. The van der Waals surface area contributed by atoms with Gasteiger partial charge in [-0.25, -0.2) is 0 Å². The molecule has 0 aliphatic heterocycles. The number of rotatable bonds is 30. The second-order valence-corrected chi connectivity index (χ2v) is 15.4. The van der Waals surface area contributed by atoms with E-state index in [1.165, 1.54) is 36.4 Å². The summed E-state index contributed by atoms with van der Waals surface area (Å²) >= 11 is 0. The molecule has 0 spiro atoms. The summed E-state index contributed by atoms with van der Waals surface area (Å²) in [6.45, 7) is 7.62. The molecule has 4 aromatic carbocycles. The highest BCUT2D eigenvalue weighted by atomic mass is 16.6. The standard InChI is InChI=1S/C48H63N3O9/c1-4-7-10-13-16-19-34-58-46-43(37-22-28-40(29-23-37)49(52)53)47(59-35-20-17-14-11-8-5-2)45(39-26-32-42(33-27-39)51(56)57)48(60-36-21-18-15-12-9-6-3)44(46)38-24-30-41(31-25-38)50(54)55/h22-33H,4-21,34-36H2,1-3H3. The van der Waals surface area contributed by atoms with Crippen LogP contribution in [0.3, 0.4) is 0 Å². The minimum atomic E-state index is -0.445. The van der Waals surface area contributed by atoms with Gasteiger partial charge in [-0.05, 0) is 72.4 Å². The Balaban J connectivity index is 2.04. The van der Waals surface area contributed by atoms with Gasteiger partial charge in [-0.2, -0.15) is 0 Å². The molecule has 0 aromatic heterocycles. The third kappa shape index (κ3) is 14.1. The van der Waals surface area contributed by atoms with E-state index in [9.17, 15) is 30.3 Å². The van der Waals surface area contributed by atoms with Gasteiger partial charge < -0.3 is 14.2 Å². The van der Waals surface area contributed by atoms with Gasteiger partial charge in [0.1, 0.15) is 17.2 Å². The molecule has 0 atom stereocenters. The van der Waals surface area contributed by atoms with Gasteiger partial charge >= 0.3 is 0 Å². The Morgan fingerprint density at radius 3 is 0.783 bits per heavy atom. The van der Waals surface area contributed by atoms with Crippen LogP contribution in [0.5, 0.6) is 17.2 Å². The van der Waals surface area contributed by atoms with Gasteiger partial charge in [-0.1, -0.05) is 117 Å². The van der Waals surface area contributed by atoms with Crippen molar-refractivity contribution in [3.05, 3.63) is 103 Å². The van der Waals surface area contributed by atoms with Crippen LogP contribution < -0.4 is 14.2 Å². The van der Waals surface area contributed by atoms with Crippen molar-refractivity contribution in [2.75, 3.05) is 19.8 Å². The van der Waals surface area contributed by atoms with Crippen LogP contribution in [0.1, 0.15) is 136 Å². The molecular formula is C48H63N3O9. The van der Waals surface area contributed by atoms with Crippen molar-refractivity contribution in [1.29, 1.82) is 0 Å². The molecule has 0 aliphatic rings. The molecule has 0 unspecified atom stereocenters. The smallest absolute Gasteiger partial charge is 0.269 e. The number of nitro benzene ring substituents is 3. The molecule has 0 saturated carbocycles. The van der Waals surface area contributed by atoms with Crippen molar-refractivity contribution >= 4 is 17.1 Å². The van der Waals surface area contributed by atoms with Gasteiger partial charge in [-0.15, -0.1) is 0 Å². The molecule has 4 rings (SSSR count). The highest BCUT2D eigenvalue weighted by molar-refractivity contribution is 5.99. The number of unbranched alkanes of at least 4 members (excludes halogenated alkanes) is 15. The van der Waals surface area contributed by atoms with Gasteiger partial charge in [0.2, 0.25) is 0 Å². The number of ether oxygens (including phenoxy) is 3. The topological polar surface area (TPSA) is 157 Å². The Hall–Kier alpha value is -5.52. The molecule has 0 fully saturated rings. The fraction of sp³-hybridized carbons (Fsp3) is 0.500. The second-order valence-electron chi connectivity index (χ2n) is 15.4. The van der Waals surface area contributed by atoms with Gasteiger partial charge in [0.15, 0.2) is 0 Å². The maximum absolute atomic E-state index is 11.8. The van der Waals surface area contributed by atoms with Crippen molar-refractivity contribution < 1.29 is 29.0 Å². The maximum atomic E-state index is 11.8. The summed E-state index contributed by atoms with van der Waals surface area (Å²) in [5, 5.41) is 35.5. The molecule has 0 saturated heterocycles. The molecule has 0 bridgehead atoms. The van der Waals surface area contributed by atoms with Crippen molar-refractivity contribution in [2.45, 2.75) is 136 Å². The first-order chi connectivity index (χ1) is 29.2. The second kappa shape index (κ2) is 25.9. The van der Waals surface area contributed by atoms with E-state index >= 15 is 0 Å². The van der Waals surface area contributed by atoms with Gasteiger partial charge in [0.25, 0.3) is 17.1 Å². The Labute approximate surface area is 355 Å². The van der Waals surface area contributed by atoms with Crippen LogP contribution in [0.15, 0.2) is 72.8 Å². The minimum Gasteiger partial charge on any atom is -0.492 e. The first-order valence-corrected chi connectivity index (χ1v) is 22.1. The number of hydrogen-bond donors (Lipinski definition) is 0. The fourth-order valence-corrected chi connectivity index (χ4v) is 7.32. The first-order valence-electron chi connectivity index (χ1n) is 22.1. The Bertz CT molecular complexity index is 1690. The largest absolute Gasteiger partial charge is 0.492 e. The van der Waals surface area contributed by atoms with Crippen molar-refractivity contribution in [3.63, 3.8) is 0 Å². The zero-order chi connectivity index (χ0) is 43.1. The van der Waals surface area contributed by atoms with Crippen LogP contribution in [0.2, 0.25) is 0 Å². The van der Waals surface area contributed by atoms with Crippen LogP contribution in [0, 0.1) is 30.3 Å². The average molecular weight is 826 g/mol. The highest BCUT2D eigenvalue weighted by Gasteiger charge is 2.31. The molecule has 0 heterocycles. The van der Waals surface area contributed by atoms with Crippen LogP contribution in [-0.2, 0) is 0 Å². The van der Waals surface area contributed by atoms with E-state index < -0.39 is 14.8 Å². The molecule has 0 radical (unpaired) electrons. The van der Waals surface area contributed by atoms with Crippen LogP contribution >= 0.6 is 0 Å². The quantitative estimate of drug-likeness (QED) is 0.0283. The minimum absolute atomic E-state index is 0.0760. The van der Waals surface area contributed by atoms with Crippen LogP contribution in [-0.4, -0.2) is 34.6 Å². The summed E-state index contributed by atoms with van der Waals surface area (Å²) in [4.78, 5) is 34.2. The lowest BCUT2D eigenvalue weighted by molar-refractivity contribution is -0.385. The first kappa shape index (κ1) is 47.2. The Kier molecular flexibility index (Phi) is 20.3. The monoisotopic (exact) mass is 825 g/mol. The molecule has 0 N–H and O–H groups in total. The predicted octanol–water partition coefficient (Wildman–Crippen LogP) is 14.6. The lowest BCUT2D eigenvalue weighted by Gasteiger charge is -2.27. The number of hydrogen-bond acceptors (Lipinski definition) is 9. The van der Waals surface area contributed by atoms with Gasteiger partial charge in [-0.3, -0.25) is 30.3 Å². The zero-order valence-electron chi connectivity index (χ0n) is 35.8. The Morgan fingerprint density at radius 2 is 0.567 bits per heavy atom. The van der Waals surface area contributed by atoms with E-state index in [0.717, 1.165) is 116 Å². The molecule has 0 aliphatic carbocycles. The van der Waals surface area contributed by atoms with Gasteiger partial charge in [0, 0.05) is 36.4 Å². The average Bonchev–Trinajstić information content (AvgIpc) is 3.25. The molecule has 12 nitrogen and oxygen atoms in total.